The van der Waals surface area contributed by atoms with Crippen molar-refractivity contribution >= 4 is 22.9 Å². The molecule has 1 aliphatic heterocycles. The molecule has 3 aromatic rings. The Morgan fingerprint density at radius 2 is 1.94 bits per heavy atom. The Hall–Kier alpha value is -2.77. The lowest BCUT2D eigenvalue weighted by atomic mass is 9.98. The lowest BCUT2D eigenvalue weighted by Gasteiger charge is -2.30. The first-order valence-corrected chi connectivity index (χ1v) is 11.4. The highest BCUT2D eigenvalue weighted by molar-refractivity contribution is 7.14. The predicted molar refractivity (Wildman–Crippen MR) is 125 cm³/mol. The number of anilines is 1. The van der Waals surface area contributed by atoms with Crippen LogP contribution in [0.15, 0.2) is 42.5 Å². The zero-order valence-corrected chi connectivity index (χ0v) is 19.0. The smallest absolute Gasteiger partial charge is 0.238 e. The number of benzene rings is 2. The quantitative estimate of drug-likeness (QED) is 0.609. The molecule has 7 heteroatoms. The molecule has 31 heavy (non-hydrogen) atoms. The van der Waals surface area contributed by atoms with Crippen LogP contribution in [0.1, 0.15) is 34.9 Å². The molecule has 162 valence electrons. The number of nitrogens with zero attached hydrogens (tertiary/aromatic N) is 3. The van der Waals surface area contributed by atoms with Crippen molar-refractivity contribution in [2.24, 2.45) is 0 Å². The Kier molecular flexibility index (Phi) is 6.63. The van der Waals surface area contributed by atoms with E-state index in [0.717, 1.165) is 58.5 Å². The number of piperidine rings is 1. The summed E-state index contributed by atoms with van der Waals surface area (Å²) in [7, 11) is 1.67. The topological polar surface area (TPSA) is 67.4 Å². The van der Waals surface area contributed by atoms with Gasteiger partial charge in [-0.2, -0.15) is 0 Å². The van der Waals surface area contributed by atoms with Crippen LogP contribution in [0.4, 0.5) is 5.69 Å². The van der Waals surface area contributed by atoms with Gasteiger partial charge in [0.1, 0.15) is 10.8 Å². The van der Waals surface area contributed by atoms with Crippen LogP contribution in [0.25, 0.3) is 10.6 Å². The molecule has 0 aliphatic carbocycles. The predicted octanol–water partition coefficient (Wildman–Crippen LogP) is 4.65. The van der Waals surface area contributed by atoms with E-state index < -0.39 is 0 Å². The molecule has 2 aromatic carbocycles. The van der Waals surface area contributed by atoms with Crippen LogP contribution in [-0.4, -0.2) is 47.7 Å². The minimum atomic E-state index is 0.0415. The number of para-hydroxylation sites is 1. The van der Waals surface area contributed by atoms with Crippen molar-refractivity contribution < 1.29 is 9.53 Å². The second-order valence-electron chi connectivity index (χ2n) is 8.06. The molecule has 4 rings (SSSR count). The number of nitrogens with one attached hydrogen (secondary N) is 1. The van der Waals surface area contributed by atoms with E-state index in [1.54, 1.807) is 18.4 Å². The number of carbonyl (C=O) groups excluding carboxylic acids is 1. The Bertz CT molecular complexity index is 1060. The van der Waals surface area contributed by atoms with Gasteiger partial charge in [0.25, 0.3) is 0 Å². The van der Waals surface area contributed by atoms with Crippen LogP contribution in [0.3, 0.4) is 0 Å². The van der Waals surface area contributed by atoms with E-state index in [1.807, 2.05) is 43.3 Å². The summed E-state index contributed by atoms with van der Waals surface area (Å²) >= 11 is 1.64. The standard InChI is InChI=1S/C24H28N4O2S/c1-16-8-9-20(17(2)14-16)25-22(29)15-28-12-10-18(11-13-28)23-26-27-24(31-23)19-6-4-5-7-21(19)30-3/h4-9,14,18H,10-13,15H2,1-3H3,(H,25,29). The van der Waals surface area contributed by atoms with Crippen LogP contribution in [-0.2, 0) is 4.79 Å². The van der Waals surface area contributed by atoms with Crippen LogP contribution in [0, 0.1) is 13.8 Å². The van der Waals surface area contributed by atoms with Gasteiger partial charge in [-0.25, -0.2) is 0 Å². The second-order valence-corrected chi connectivity index (χ2v) is 9.07. The number of aromatic nitrogens is 2. The molecule has 0 saturated carbocycles. The van der Waals surface area contributed by atoms with Gasteiger partial charge in [0.2, 0.25) is 5.91 Å². The molecule has 1 fully saturated rings. The van der Waals surface area contributed by atoms with Crippen molar-refractivity contribution in [2.45, 2.75) is 32.6 Å². The number of ether oxygens (including phenoxy) is 1. The molecule has 1 amide bonds. The maximum Gasteiger partial charge on any atom is 0.238 e. The average molecular weight is 437 g/mol. The number of rotatable bonds is 6. The van der Waals surface area contributed by atoms with E-state index in [9.17, 15) is 4.79 Å². The highest BCUT2D eigenvalue weighted by atomic mass is 32.1. The van der Waals surface area contributed by atoms with Gasteiger partial charge in [0.05, 0.1) is 19.2 Å². The molecule has 0 unspecified atom stereocenters. The van der Waals surface area contributed by atoms with Crippen molar-refractivity contribution in [1.29, 1.82) is 0 Å². The Balaban J connectivity index is 1.32. The first-order valence-electron chi connectivity index (χ1n) is 10.6. The fraction of sp³-hybridized carbons (Fsp3) is 0.375. The summed E-state index contributed by atoms with van der Waals surface area (Å²) < 4.78 is 5.46. The van der Waals surface area contributed by atoms with E-state index in [0.29, 0.717) is 12.5 Å². The molecule has 1 saturated heterocycles. The maximum atomic E-state index is 12.5. The van der Waals surface area contributed by atoms with Crippen LogP contribution < -0.4 is 10.1 Å². The first kappa shape index (κ1) is 21.5. The van der Waals surface area contributed by atoms with E-state index in [2.05, 4.69) is 33.4 Å². The Labute approximate surface area is 187 Å². The third-order valence-corrected chi connectivity index (χ3v) is 6.86. The van der Waals surface area contributed by atoms with E-state index in [-0.39, 0.29) is 5.91 Å². The molecule has 1 aliphatic rings. The number of amides is 1. The second kappa shape index (κ2) is 9.58. The Morgan fingerprint density at radius 1 is 1.16 bits per heavy atom. The summed E-state index contributed by atoms with van der Waals surface area (Å²) in [6.07, 6.45) is 1.97. The highest BCUT2D eigenvalue weighted by Crippen LogP contribution is 2.36. The largest absolute Gasteiger partial charge is 0.496 e. The van der Waals surface area contributed by atoms with Gasteiger partial charge in [0.15, 0.2) is 5.01 Å². The Morgan fingerprint density at radius 3 is 2.68 bits per heavy atom. The number of likely N-dealkylation sites (tertiary alicyclic amines) is 1. The van der Waals surface area contributed by atoms with Gasteiger partial charge in [-0.05, 0) is 63.5 Å². The SMILES string of the molecule is COc1ccccc1-c1nnc(C2CCN(CC(=O)Nc3ccc(C)cc3C)CC2)s1. The highest BCUT2D eigenvalue weighted by Gasteiger charge is 2.25. The van der Waals surface area contributed by atoms with Crippen molar-refractivity contribution in [2.75, 3.05) is 32.1 Å². The van der Waals surface area contributed by atoms with E-state index in [4.69, 9.17) is 4.74 Å². The molecule has 1 aromatic heterocycles. The molecule has 1 N–H and O–H groups in total. The number of hydrogen-bond acceptors (Lipinski definition) is 6. The summed E-state index contributed by atoms with van der Waals surface area (Å²) in [6, 6.07) is 14.0. The van der Waals surface area contributed by atoms with Gasteiger partial charge in [0, 0.05) is 11.6 Å². The summed E-state index contributed by atoms with van der Waals surface area (Å²) in [6.45, 7) is 6.27. The minimum Gasteiger partial charge on any atom is -0.496 e. The summed E-state index contributed by atoms with van der Waals surface area (Å²) in [4.78, 5) is 14.7. The summed E-state index contributed by atoms with van der Waals surface area (Å²) in [5, 5.41) is 13.9. The van der Waals surface area contributed by atoms with Crippen LogP contribution in [0.2, 0.25) is 0 Å². The summed E-state index contributed by atoms with van der Waals surface area (Å²) in [5.74, 6) is 1.24. The van der Waals surface area contributed by atoms with Gasteiger partial charge in [-0.3, -0.25) is 9.69 Å². The van der Waals surface area contributed by atoms with Gasteiger partial charge < -0.3 is 10.1 Å². The van der Waals surface area contributed by atoms with Crippen molar-refractivity contribution in [3.8, 4) is 16.3 Å². The van der Waals surface area contributed by atoms with Crippen LogP contribution >= 0.6 is 11.3 Å². The number of aryl methyl sites for hydroxylation is 2. The molecule has 0 bridgehead atoms. The fourth-order valence-corrected chi connectivity index (χ4v) is 5.06. The molecular weight excluding hydrogens is 408 g/mol. The number of methoxy groups -OCH3 is 1. The lowest BCUT2D eigenvalue weighted by molar-refractivity contribution is -0.117. The number of carbonyl (C=O) groups is 1. The molecule has 0 radical (unpaired) electrons. The van der Waals surface area contributed by atoms with E-state index >= 15 is 0 Å². The van der Waals surface area contributed by atoms with Crippen molar-refractivity contribution in [3.63, 3.8) is 0 Å². The summed E-state index contributed by atoms with van der Waals surface area (Å²) in [5.41, 5.74) is 4.16. The van der Waals surface area contributed by atoms with E-state index in [1.165, 1.54) is 5.56 Å². The molecular formula is C24H28N4O2S. The zero-order chi connectivity index (χ0) is 21.8. The average Bonchev–Trinajstić information content (AvgIpc) is 3.26. The van der Waals surface area contributed by atoms with Crippen molar-refractivity contribution in [1.82, 2.24) is 15.1 Å². The maximum absolute atomic E-state index is 12.5. The molecule has 6 nitrogen and oxygen atoms in total. The number of hydrogen-bond donors (Lipinski definition) is 1. The normalized spacial score (nSPS) is 15.1. The third kappa shape index (κ3) is 5.11. The minimum absolute atomic E-state index is 0.0415. The van der Waals surface area contributed by atoms with Crippen LogP contribution in [0.5, 0.6) is 5.75 Å². The molecule has 2 heterocycles. The first-order chi connectivity index (χ1) is 15.0. The van der Waals surface area contributed by atoms with Gasteiger partial charge in [-0.1, -0.05) is 41.2 Å². The third-order valence-electron chi connectivity index (χ3n) is 5.74. The van der Waals surface area contributed by atoms with Crippen molar-refractivity contribution in [3.05, 3.63) is 58.6 Å². The monoisotopic (exact) mass is 436 g/mol. The lowest BCUT2D eigenvalue weighted by Crippen LogP contribution is -2.38. The zero-order valence-electron chi connectivity index (χ0n) is 18.2. The van der Waals surface area contributed by atoms with Gasteiger partial charge >= 0.3 is 0 Å². The molecule has 0 spiro atoms. The fourth-order valence-electron chi connectivity index (χ4n) is 4.01. The molecule has 0 atom stereocenters. The van der Waals surface area contributed by atoms with Gasteiger partial charge in [-0.15, -0.1) is 10.2 Å².